The number of allylic oxidation sites excluding steroid dienone is 1. The van der Waals surface area contributed by atoms with Crippen LogP contribution in [0.4, 0.5) is 15.8 Å². The van der Waals surface area contributed by atoms with Gasteiger partial charge in [-0.25, -0.2) is 9.38 Å². The molecule has 1 N–H and O–H groups in total. The molecule has 160 valence electrons. The smallest absolute Gasteiger partial charge is 0.264 e. The van der Waals surface area contributed by atoms with Crippen LogP contribution in [-0.4, -0.2) is 23.2 Å². The molecule has 0 bridgehead atoms. The van der Waals surface area contributed by atoms with Crippen LogP contribution >= 0.6 is 11.8 Å². The number of hydrogen-bond acceptors (Lipinski definition) is 4. The van der Waals surface area contributed by atoms with Crippen LogP contribution in [0.15, 0.2) is 58.4 Å². The number of amides is 1. The van der Waals surface area contributed by atoms with Gasteiger partial charge in [0.1, 0.15) is 5.82 Å². The molecule has 4 nitrogen and oxygen atoms in total. The Morgan fingerprint density at radius 1 is 1.23 bits per heavy atom. The third-order valence-corrected chi connectivity index (χ3v) is 6.38. The van der Waals surface area contributed by atoms with Gasteiger partial charge in [0, 0.05) is 23.4 Å². The number of benzene rings is 2. The molecule has 1 fully saturated rings. The average molecular weight is 436 g/mol. The largest absolute Gasteiger partial charge is 0.362 e. The van der Waals surface area contributed by atoms with E-state index in [1.807, 2.05) is 36.4 Å². The van der Waals surface area contributed by atoms with E-state index < -0.39 is 0 Å². The predicted molar refractivity (Wildman–Crippen MR) is 129 cm³/mol. The Hall–Kier alpha value is -2.86. The third kappa shape index (κ3) is 4.30. The molecule has 2 aromatic carbocycles. The molecule has 0 aromatic heterocycles. The van der Waals surface area contributed by atoms with Gasteiger partial charge in [-0.3, -0.25) is 4.79 Å². The lowest BCUT2D eigenvalue weighted by molar-refractivity contribution is -0.115. The monoisotopic (exact) mass is 435 g/mol. The van der Waals surface area contributed by atoms with Gasteiger partial charge in [-0.15, -0.1) is 0 Å². The van der Waals surface area contributed by atoms with Crippen LogP contribution in [0.2, 0.25) is 0 Å². The minimum absolute atomic E-state index is 0.177. The average Bonchev–Trinajstić information content (AvgIpc) is 3.05. The summed E-state index contributed by atoms with van der Waals surface area (Å²) < 4.78 is 15.1. The molecule has 6 heteroatoms. The number of fused-ring (bicyclic) bond motifs is 1. The molecule has 31 heavy (non-hydrogen) atoms. The number of anilines is 1. The maximum absolute atomic E-state index is 15.1. The minimum atomic E-state index is -0.334. The van der Waals surface area contributed by atoms with Gasteiger partial charge in [0.25, 0.3) is 5.91 Å². The Kier molecular flexibility index (Phi) is 5.75. The fourth-order valence-corrected chi connectivity index (χ4v) is 4.93. The quantitative estimate of drug-likeness (QED) is 0.588. The molecule has 2 aliphatic rings. The lowest BCUT2D eigenvalue weighted by Gasteiger charge is -2.43. The maximum atomic E-state index is 15.1. The highest BCUT2D eigenvalue weighted by molar-refractivity contribution is 8.18. The lowest BCUT2D eigenvalue weighted by Crippen LogP contribution is -2.45. The van der Waals surface area contributed by atoms with Crippen molar-refractivity contribution in [1.29, 1.82) is 0 Å². The molecule has 2 heterocycles. The number of thioether (sulfide) groups is 1. The maximum Gasteiger partial charge on any atom is 0.264 e. The molecule has 0 atom stereocenters. The summed E-state index contributed by atoms with van der Waals surface area (Å²) in [4.78, 5) is 19.6. The number of para-hydroxylation sites is 1. The first-order valence-electron chi connectivity index (χ1n) is 10.4. The molecule has 1 amide bonds. The lowest BCUT2D eigenvalue weighted by atomic mass is 9.87. The second-order valence-electron chi connectivity index (χ2n) is 8.34. The molecule has 0 aliphatic carbocycles. The first kappa shape index (κ1) is 21.4. The van der Waals surface area contributed by atoms with Crippen LogP contribution in [0, 0.1) is 5.82 Å². The number of aliphatic imine (C=N–C) groups is 1. The summed E-state index contributed by atoms with van der Waals surface area (Å²) in [6, 6.07) is 12.9. The molecule has 2 aromatic rings. The van der Waals surface area contributed by atoms with Crippen LogP contribution in [0.5, 0.6) is 0 Å². The zero-order chi connectivity index (χ0) is 22.2. The molecular formula is C25H26FN3OS. The van der Waals surface area contributed by atoms with Crippen LogP contribution in [0.3, 0.4) is 0 Å². The number of nitrogens with one attached hydrogen (secondary N) is 1. The predicted octanol–water partition coefficient (Wildman–Crippen LogP) is 6.13. The zero-order valence-electron chi connectivity index (χ0n) is 18.2. The van der Waals surface area contributed by atoms with Crippen LogP contribution in [-0.2, 0) is 4.79 Å². The van der Waals surface area contributed by atoms with E-state index in [0.717, 1.165) is 35.5 Å². The third-order valence-electron chi connectivity index (χ3n) is 5.47. The normalized spacial score (nSPS) is 20.1. The molecule has 0 unspecified atom stereocenters. The van der Waals surface area contributed by atoms with Crippen molar-refractivity contribution in [2.75, 3.05) is 11.4 Å². The fourth-order valence-electron chi connectivity index (χ4n) is 4.10. The molecule has 4 rings (SSSR count). The minimum Gasteiger partial charge on any atom is -0.362 e. The summed E-state index contributed by atoms with van der Waals surface area (Å²) in [6.45, 7) is 9.33. The van der Waals surface area contributed by atoms with Crippen molar-refractivity contribution in [2.45, 2.75) is 39.7 Å². The summed E-state index contributed by atoms with van der Waals surface area (Å²) in [6.07, 6.45) is 4.81. The number of carbonyl (C=O) groups is 1. The standard InChI is InChI=1S/C25H26FN3OS/c1-5-11-29-21-14-20(26)17(12-19(21)16(2)15-25(29,3)4)13-22-23(30)28-24(31-22)27-18-9-7-6-8-10-18/h6-10,12-15H,5,11H2,1-4H3,(H,27,28,30)/b22-13+. The molecule has 0 saturated carbocycles. The summed E-state index contributed by atoms with van der Waals surface area (Å²) >= 11 is 1.22. The molecular weight excluding hydrogens is 409 g/mol. The highest BCUT2D eigenvalue weighted by atomic mass is 32.2. The Labute approximate surface area is 186 Å². The second-order valence-corrected chi connectivity index (χ2v) is 9.37. The van der Waals surface area contributed by atoms with E-state index in [1.54, 1.807) is 12.1 Å². The Morgan fingerprint density at radius 3 is 2.68 bits per heavy atom. The van der Waals surface area contributed by atoms with E-state index in [0.29, 0.717) is 15.6 Å². The number of nitrogens with zero attached hydrogens (tertiary/aromatic N) is 2. The van der Waals surface area contributed by atoms with Gasteiger partial charge >= 0.3 is 0 Å². The van der Waals surface area contributed by atoms with E-state index in [4.69, 9.17) is 0 Å². The SMILES string of the molecule is CCCN1c2cc(F)c(/C=C3/SC(=Nc4ccccc4)NC3=O)cc2C(C)=CC1(C)C. The number of halogens is 1. The van der Waals surface area contributed by atoms with Crippen LogP contribution < -0.4 is 10.2 Å². The van der Waals surface area contributed by atoms with Crippen molar-refractivity contribution >= 4 is 45.9 Å². The van der Waals surface area contributed by atoms with Gasteiger partial charge in [-0.1, -0.05) is 31.2 Å². The first-order valence-corrected chi connectivity index (χ1v) is 11.3. The van der Waals surface area contributed by atoms with E-state index in [-0.39, 0.29) is 17.3 Å². The summed E-state index contributed by atoms with van der Waals surface area (Å²) in [5.41, 5.74) is 4.00. The van der Waals surface area contributed by atoms with Crippen LogP contribution in [0.1, 0.15) is 45.2 Å². The van der Waals surface area contributed by atoms with Gasteiger partial charge in [0.05, 0.1) is 16.1 Å². The van der Waals surface area contributed by atoms with Crippen molar-refractivity contribution in [1.82, 2.24) is 5.32 Å². The van der Waals surface area contributed by atoms with Crippen molar-refractivity contribution in [2.24, 2.45) is 4.99 Å². The number of hydrogen-bond donors (Lipinski definition) is 1. The first-order chi connectivity index (χ1) is 14.8. The molecule has 1 saturated heterocycles. The Morgan fingerprint density at radius 2 is 1.97 bits per heavy atom. The topological polar surface area (TPSA) is 44.7 Å². The fraction of sp³-hybridized carbons (Fsp3) is 0.280. The number of amidine groups is 1. The van der Waals surface area contributed by atoms with E-state index in [9.17, 15) is 4.79 Å². The van der Waals surface area contributed by atoms with Gasteiger partial charge in [-0.2, -0.15) is 0 Å². The summed E-state index contributed by atoms with van der Waals surface area (Å²) in [5.74, 6) is -0.600. The number of carbonyl (C=O) groups excluding carboxylic acids is 1. The molecule has 0 radical (unpaired) electrons. The van der Waals surface area contributed by atoms with Crippen LogP contribution in [0.25, 0.3) is 11.6 Å². The molecule has 2 aliphatic heterocycles. The number of rotatable bonds is 4. The van der Waals surface area contributed by atoms with E-state index in [1.165, 1.54) is 11.8 Å². The van der Waals surface area contributed by atoms with Gasteiger partial charge in [-0.05, 0) is 74.9 Å². The van der Waals surface area contributed by atoms with Gasteiger partial charge in [0.15, 0.2) is 5.17 Å². The second kappa shape index (κ2) is 8.35. The Balaban J connectivity index is 1.69. The Bertz CT molecular complexity index is 1120. The van der Waals surface area contributed by atoms with Gasteiger partial charge < -0.3 is 10.2 Å². The van der Waals surface area contributed by atoms with Gasteiger partial charge in [0.2, 0.25) is 0 Å². The van der Waals surface area contributed by atoms with E-state index in [2.05, 4.69) is 49.0 Å². The van der Waals surface area contributed by atoms with Crippen molar-refractivity contribution in [3.8, 4) is 0 Å². The highest BCUT2D eigenvalue weighted by Crippen LogP contribution is 2.41. The summed E-state index contributed by atoms with van der Waals surface area (Å²) in [5, 5.41) is 3.25. The highest BCUT2D eigenvalue weighted by Gasteiger charge is 2.32. The van der Waals surface area contributed by atoms with Crippen molar-refractivity contribution in [3.63, 3.8) is 0 Å². The zero-order valence-corrected chi connectivity index (χ0v) is 19.0. The molecule has 0 spiro atoms. The van der Waals surface area contributed by atoms with E-state index >= 15 is 4.39 Å². The van der Waals surface area contributed by atoms with Crippen molar-refractivity contribution in [3.05, 3.63) is 70.4 Å². The van der Waals surface area contributed by atoms with Crippen molar-refractivity contribution < 1.29 is 9.18 Å². The summed E-state index contributed by atoms with van der Waals surface area (Å²) in [7, 11) is 0.